The van der Waals surface area contributed by atoms with Crippen molar-refractivity contribution in [1.29, 1.82) is 0 Å². The van der Waals surface area contributed by atoms with Gasteiger partial charge in [0.15, 0.2) is 5.79 Å². The number of hydrogen-bond acceptors (Lipinski definition) is 10. The molecule has 18 atom stereocenters. The number of carbonyl (C=O) groups is 2. The Bertz CT molecular complexity index is 1320. The Kier molecular flexibility index (Phi) is 15.3. The summed E-state index contributed by atoms with van der Waals surface area (Å²) in [5.74, 6) is -5.78. The third kappa shape index (κ3) is 8.94. The molecule has 0 saturated carbocycles. The molecule has 2 spiro atoms. The van der Waals surface area contributed by atoms with Crippen LogP contribution >= 0.6 is 0 Å². The zero-order valence-electron chi connectivity index (χ0n) is 36.0. The Hall–Kier alpha value is -1.44. The normalized spacial score (nSPS) is 44.6. The monoisotopic (exact) mass is 781 g/mol. The average molecular weight is 781 g/mol. The van der Waals surface area contributed by atoms with Gasteiger partial charge in [0.2, 0.25) is 5.79 Å². The lowest BCUT2D eigenvalue weighted by Gasteiger charge is -2.54. The number of aliphatic hydroxyl groups is 3. The molecule has 4 N–H and O–H groups in total. The molecule has 0 aromatic rings. The van der Waals surface area contributed by atoms with Crippen molar-refractivity contribution in [2.45, 2.75) is 213 Å². The molecule has 4 saturated heterocycles. The number of Topliss-reactive ketones (excluding diaryl/α,β-unsaturated/α-hetero) is 1. The zero-order chi connectivity index (χ0) is 41.3. The molecule has 0 bridgehead atoms. The lowest BCUT2D eigenvalue weighted by Crippen LogP contribution is -2.63. The SMILES string of the molecule is CC.CCC(C(=O)C(C)[C@@H](O)[C@H](C)C1OC([C@@H](CC)C(=O)O)CCC1C)C1OC2(C=CC(O)C3(CCC(C)(C4CCC(O)(CC)[C@H](C)O4)O3)O2)C(C)CC1C. The van der Waals surface area contributed by atoms with E-state index in [1.165, 1.54) is 0 Å². The molecule has 11 heteroatoms. The maximum Gasteiger partial charge on any atom is 0.309 e. The number of aliphatic carboxylic acids is 1. The molecular formula is C44H76O11. The predicted molar refractivity (Wildman–Crippen MR) is 210 cm³/mol. The number of rotatable bonds is 12. The van der Waals surface area contributed by atoms with E-state index in [0.717, 1.165) is 6.42 Å². The van der Waals surface area contributed by atoms with Gasteiger partial charge in [-0.25, -0.2) is 0 Å². The van der Waals surface area contributed by atoms with Gasteiger partial charge in [-0.3, -0.25) is 9.59 Å². The van der Waals surface area contributed by atoms with E-state index in [-0.39, 0.29) is 41.8 Å². The van der Waals surface area contributed by atoms with Crippen LogP contribution in [0.15, 0.2) is 12.2 Å². The van der Waals surface area contributed by atoms with Crippen molar-refractivity contribution in [3.05, 3.63) is 12.2 Å². The lowest BCUT2D eigenvalue weighted by molar-refractivity contribution is -0.409. The molecule has 5 rings (SSSR count). The smallest absolute Gasteiger partial charge is 0.309 e. The van der Waals surface area contributed by atoms with Gasteiger partial charge in [0.1, 0.15) is 11.9 Å². The van der Waals surface area contributed by atoms with Crippen LogP contribution in [-0.2, 0) is 33.3 Å². The van der Waals surface area contributed by atoms with Crippen LogP contribution in [0.3, 0.4) is 0 Å². The highest BCUT2D eigenvalue weighted by Crippen LogP contribution is 2.54. The van der Waals surface area contributed by atoms with Gasteiger partial charge in [-0.2, -0.15) is 0 Å². The first kappa shape index (κ1) is 46.3. The predicted octanol–water partition coefficient (Wildman–Crippen LogP) is 7.21. The number of hydrogen-bond donors (Lipinski definition) is 4. The van der Waals surface area contributed by atoms with Crippen LogP contribution in [0.25, 0.3) is 0 Å². The summed E-state index contributed by atoms with van der Waals surface area (Å²) in [6.07, 6.45) is 5.51. The van der Waals surface area contributed by atoms with Gasteiger partial charge in [0.05, 0.1) is 53.7 Å². The van der Waals surface area contributed by atoms with Crippen molar-refractivity contribution in [1.82, 2.24) is 0 Å². The van der Waals surface area contributed by atoms with Crippen LogP contribution in [0.4, 0.5) is 0 Å². The molecular weight excluding hydrogens is 704 g/mol. The van der Waals surface area contributed by atoms with E-state index >= 15 is 0 Å². The second-order valence-electron chi connectivity index (χ2n) is 17.9. The van der Waals surface area contributed by atoms with Crippen molar-refractivity contribution in [2.75, 3.05) is 0 Å². The molecule has 0 radical (unpaired) electrons. The number of carbonyl (C=O) groups excluding carboxylic acids is 1. The topological polar surface area (TPSA) is 161 Å². The van der Waals surface area contributed by atoms with Crippen LogP contribution in [0.5, 0.6) is 0 Å². The molecule has 55 heavy (non-hydrogen) atoms. The number of ketones is 1. The Balaban J connectivity index is 0.00000331. The summed E-state index contributed by atoms with van der Waals surface area (Å²) in [6, 6.07) is 0. The average Bonchev–Trinajstić information content (AvgIpc) is 3.51. The number of aliphatic hydroxyl groups excluding tert-OH is 2. The molecule has 0 aliphatic carbocycles. The van der Waals surface area contributed by atoms with E-state index in [4.69, 9.17) is 23.7 Å². The summed E-state index contributed by atoms with van der Waals surface area (Å²) in [4.78, 5) is 26.4. The number of ether oxygens (including phenoxy) is 5. The summed E-state index contributed by atoms with van der Waals surface area (Å²) in [5, 5.41) is 44.0. The summed E-state index contributed by atoms with van der Waals surface area (Å²) in [7, 11) is 0. The summed E-state index contributed by atoms with van der Waals surface area (Å²) in [5.41, 5.74) is -1.63. The van der Waals surface area contributed by atoms with Crippen LogP contribution in [0.1, 0.15) is 147 Å². The minimum atomic E-state index is -1.37. The highest BCUT2D eigenvalue weighted by atomic mass is 16.8. The molecule has 0 aromatic heterocycles. The minimum Gasteiger partial charge on any atom is -0.481 e. The zero-order valence-corrected chi connectivity index (χ0v) is 36.0. The van der Waals surface area contributed by atoms with Crippen LogP contribution < -0.4 is 0 Å². The van der Waals surface area contributed by atoms with Crippen molar-refractivity contribution in [2.24, 2.45) is 41.4 Å². The summed E-state index contributed by atoms with van der Waals surface area (Å²) < 4.78 is 33.5. The van der Waals surface area contributed by atoms with E-state index < -0.39 is 76.8 Å². The quantitative estimate of drug-likeness (QED) is 0.148. The first-order valence-corrected chi connectivity index (χ1v) is 21.7. The second-order valence-corrected chi connectivity index (χ2v) is 17.9. The van der Waals surface area contributed by atoms with Gasteiger partial charge in [-0.05, 0) is 95.6 Å². The fourth-order valence-electron chi connectivity index (χ4n) is 10.5. The Morgan fingerprint density at radius 1 is 0.873 bits per heavy atom. The van der Waals surface area contributed by atoms with Crippen molar-refractivity contribution < 1.29 is 53.7 Å². The van der Waals surface area contributed by atoms with Crippen molar-refractivity contribution in [3.63, 3.8) is 0 Å². The Labute approximate surface area is 331 Å². The number of carboxylic acids is 1. The maximum absolute atomic E-state index is 14.4. The fourth-order valence-corrected chi connectivity index (χ4v) is 10.5. The first-order chi connectivity index (χ1) is 25.8. The van der Waals surface area contributed by atoms with Gasteiger partial charge in [0.25, 0.3) is 0 Å². The van der Waals surface area contributed by atoms with E-state index in [1.807, 2.05) is 55.4 Å². The van der Waals surface area contributed by atoms with Crippen molar-refractivity contribution in [3.8, 4) is 0 Å². The molecule has 5 heterocycles. The van der Waals surface area contributed by atoms with Crippen LogP contribution in [-0.4, -0.2) is 97.7 Å². The van der Waals surface area contributed by atoms with Gasteiger partial charge in [-0.1, -0.05) is 69.2 Å². The molecule has 5 aliphatic rings. The Morgan fingerprint density at radius 2 is 1.53 bits per heavy atom. The highest BCUT2D eigenvalue weighted by Gasteiger charge is 2.63. The van der Waals surface area contributed by atoms with Gasteiger partial charge < -0.3 is 44.1 Å². The van der Waals surface area contributed by atoms with E-state index in [2.05, 4.69) is 20.8 Å². The molecule has 318 valence electrons. The largest absolute Gasteiger partial charge is 0.481 e. The minimum absolute atomic E-state index is 0.0137. The van der Waals surface area contributed by atoms with Crippen LogP contribution in [0, 0.1) is 41.4 Å². The summed E-state index contributed by atoms with van der Waals surface area (Å²) in [6.45, 7) is 23.6. The van der Waals surface area contributed by atoms with Gasteiger partial charge in [-0.15, -0.1) is 0 Å². The Morgan fingerprint density at radius 3 is 2.11 bits per heavy atom. The second kappa shape index (κ2) is 18.2. The molecule has 5 aliphatic heterocycles. The fraction of sp³-hybridized carbons (Fsp3) is 0.909. The van der Waals surface area contributed by atoms with E-state index in [1.54, 1.807) is 19.1 Å². The summed E-state index contributed by atoms with van der Waals surface area (Å²) >= 11 is 0. The van der Waals surface area contributed by atoms with E-state index in [9.17, 15) is 30.0 Å². The third-order valence-corrected chi connectivity index (χ3v) is 14.4. The molecule has 4 fully saturated rings. The highest BCUT2D eigenvalue weighted by molar-refractivity contribution is 5.84. The van der Waals surface area contributed by atoms with E-state index in [0.29, 0.717) is 57.8 Å². The third-order valence-electron chi connectivity index (χ3n) is 14.4. The molecule has 0 amide bonds. The van der Waals surface area contributed by atoms with Gasteiger partial charge in [0, 0.05) is 30.1 Å². The number of carboxylic acid groups (broad SMARTS) is 1. The lowest BCUT2D eigenvalue weighted by atomic mass is 9.72. The van der Waals surface area contributed by atoms with Crippen molar-refractivity contribution >= 4 is 11.8 Å². The molecule has 0 aromatic carbocycles. The molecule has 14 unspecified atom stereocenters. The standard InChI is InChI=1S/C42H70O11.C2H6/c1-11-29(38(46)47)31-15-14-23(4)36(50-31)27(8)34(44)26(7)35(45)30(12-2)37-24(5)22-25(6)41(51-37)19-16-32(43)42(53-41)21-20-39(10,52-42)33-17-18-40(48,13-3)28(9)49-33;1-2/h16,19,23-34,36-37,43-44,48H,11-15,17-18,20-22H2,1-10H3,(H,46,47);1-2H3/t23?,24?,25?,26?,27-,28-,29+,30?,31?,32?,33?,34+,36?,37?,39?,40?,41?,42?;/m0./s1. The molecule has 11 nitrogen and oxygen atoms in total. The first-order valence-electron chi connectivity index (χ1n) is 21.7. The van der Waals surface area contributed by atoms with Crippen LogP contribution in [0.2, 0.25) is 0 Å². The maximum atomic E-state index is 14.4. The van der Waals surface area contributed by atoms with Gasteiger partial charge >= 0.3 is 5.97 Å².